The van der Waals surface area contributed by atoms with E-state index in [2.05, 4.69) is 50.4 Å². The highest BCUT2D eigenvalue weighted by molar-refractivity contribution is 14.0. The average molecular weight is 561 g/mol. The number of guanidine groups is 1. The summed E-state index contributed by atoms with van der Waals surface area (Å²) in [6, 6.07) is 11.5. The van der Waals surface area contributed by atoms with Crippen molar-refractivity contribution in [2.45, 2.75) is 44.7 Å². The van der Waals surface area contributed by atoms with E-state index >= 15 is 0 Å². The fourth-order valence-corrected chi connectivity index (χ4v) is 6.92. The predicted octanol–water partition coefficient (Wildman–Crippen LogP) is 2.99. The van der Waals surface area contributed by atoms with Gasteiger partial charge >= 0.3 is 0 Å². The summed E-state index contributed by atoms with van der Waals surface area (Å²) in [4.78, 5) is 9.61. The number of rotatable bonds is 6. The summed E-state index contributed by atoms with van der Waals surface area (Å²) in [5, 5.41) is 3.51. The summed E-state index contributed by atoms with van der Waals surface area (Å²) >= 11 is 0. The molecule has 3 aliphatic rings. The van der Waals surface area contributed by atoms with E-state index in [1.807, 2.05) is 7.05 Å². The van der Waals surface area contributed by atoms with Crippen LogP contribution in [-0.2, 0) is 16.4 Å². The lowest BCUT2D eigenvalue weighted by Gasteiger charge is -2.48. The van der Waals surface area contributed by atoms with E-state index < -0.39 is 9.84 Å². The zero-order valence-electron chi connectivity index (χ0n) is 18.8. The molecular weight excluding hydrogens is 523 g/mol. The molecule has 2 atom stereocenters. The third-order valence-corrected chi connectivity index (χ3v) is 8.21. The van der Waals surface area contributed by atoms with Crippen molar-refractivity contribution in [3.8, 4) is 0 Å². The lowest BCUT2D eigenvalue weighted by Crippen LogP contribution is -2.57. The number of fused-ring (bicyclic) bond motifs is 1. The zero-order chi connectivity index (χ0) is 21.2. The van der Waals surface area contributed by atoms with E-state index in [9.17, 15) is 8.42 Å². The quantitative estimate of drug-likeness (QED) is 0.330. The second-order valence-electron chi connectivity index (χ2n) is 9.63. The third kappa shape index (κ3) is 6.57. The van der Waals surface area contributed by atoms with Crippen molar-refractivity contribution in [1.29, 1.82) is 0 Å². The monoisotopic (exact) mass is 560 g/mol. The number of likely N-dealkylation sites (tertiary alicyclic amines) is 2. The molecule has 6 nitrogen and oxygen atoms in total. The van der Waals surface area contributed by atoms with Crippen molar-refractivity contribution >= 4 is 39.8 Å². The van der Waals surface area contributed by atoms with Gasteiger partial charge in [0.15, 0.2) is 5.96 Å². The van der Waals surface area contributed by atoms with Crippen LogP contribution in [0.4, 0.5) is 0 Å². The number of benzene rings is 1. The number of piperidine rings is 2. The first kappa shape index (κ1) is 24.8. The van der Waals surface area contributed by atoms with E-state index in [4.69, 9.17) is 0 Å². The minimum Gasteiger partial charge on any atom is -0.356 e. The van der Waals surface area contributed by atoms with Gasteiger partial charge in [0.2, 0.25) is 0 Å². The zero-order valence-corrected chi connectivity index (χ0v) is 21.9. The summed E-state index contributed by atoms with van der Waals surface area (Å²) in [7, 11) is -1.11. The third-order valence-electron chi connectivity index (χ3n) is 7.07. The van der Waals surface area contributed by atoms with Crippen molar-refractivity contribution in [1.82, 2.24) is 15.1 Å². The molecule has 1 aromatic rings. The average Bonchev–Trinajstić information content (AvgIpc) is 3.47. The number of nitrogens with one attached hydrogen (secondary N) is 1. The van der Waals surface area contributed by atoms with Gasteiger partial charge in [0.05, 0.1) is 5.75 Å². The minimum absolute atomic E-state index is 0. The normalized spacial score (nSPS) is 26.0. The van der Waals surface area contributed by atoms with E-state index in [1.165, 1.54) is 31.2 Å². The Morgan fingerprint density at radius 1 is 1.19 bits per heavy atom. The summed E-state index contributed by atoms with van der Waals surface area (Å²) < 4.78 is 23.5. The van der Waals surface area contributed by atoms with Gasteiger partial charge in [-0.25, -0.2) is 8.42 Å². The van der Waals surface area contributed by atoms with Crippen LogP contribution in [0.25, 0.3) is 0 Å². The number of nitrogens with zero attached hydrogens (tertiary/aromatic N) is 3. The van der Waals surface area contributed by atoms with Crippen molar-refractivity contribution < 1.29 is 8.42 Å². The molecule has 2 aliphatic heterocycles. The molecule has 0 amide bonds. The fraction of sp³-hybridized carbons (Fsp3) is 0.696. The molecule has 1 aliphatic carbocycles. The van der Waals surface area contributed by atoms with E-state index in [0.717, 1.165) is 44.9 Å². The molecule has 0 aromatic heterocycles. The second-order valence-corrected chi connectivity index (χ2v) is 11.8. The van der Waals surface area contributed by atoms with Crippen molar-refractivity contribution in [2.24, 2.45) is 16.3 Å². The highest BCUT2D eigenvalue weighted by Gasteiger charge is 2.45. The van der Waals surface area contributed by atoms with Gasteiger partial charge in [0, 0.05) is 50.9 Å². The number of halogens is 1. The summed E-state index contributed by atoms with van der Waals surface area (Å²) in [5.41, 5.74) is 1.32. The minimum atomic E-state index is -2.95. The molecular formula is C23H37IN4O2S. The molecule has 0 radical (unpaired) electrons. The molecule has 0 spiro atoms. The summed E-state index contributed by atoms with van der Waals surface area (Å²) in [6.45, 7) is 4.98. The van der Waals surface area contributed by atoms with Crippen LogP contribution in [0.5, 0.6) is 0 Å². The maximum Gasteiger partial charge on any atom is 0.193 e. The molecule has 1 saturated carbocycles. The Bertz CT molecular complexity index is 858. The number of hydrogen-bond acceptors (Lipinski definition) is 4. The molecule has 2 saturated heterocycles. The van der Waals surface area contributed by atoms with Crippen molar-refractivity contribution in [3.05, 3.63) is 35.9 Å². The Morgan fingerprint density at radius 2 is 1.94 bits per heavy atom. The van der Waals surface area contributed by atoms with Crippen molar-refractivity contribution in [3.63, 3.8) is 0 Å². The topological polar surface area (TPSA) is 65.0 Å². The molecule has 2 unspecified atom stereocenters. The Balaban J connectivity index is 0.00000272. The first-order valence-electron chi connectivity index (χ1n) is 11.3. The standard InChI is InChI=1S/C23H36N4O2S.HI/c1-24-22(25-17-23(11-12-23)18-30(2,28)29)27-14-10-21-20(16-27)9-6-13-26(21)15-19-7-4-3-5-8-19;/h3-5,7-8,20-21H,6,9-18H2,1-2H3,(H,24,25);1H. The maximum atomic E-state index is 11.7. The second kappa shape index (κ2) is 10.4. The highest BCUT2D eigenvalue weighted by Crippen LogP contribution is 2.46. The van der Waals surface area contributed by atoms with Gasteiger partial charge in [-0.2, -0.15) is 0 Å². The fourth-order valence-electron chi connectivity index (χ4n) is 5.42. The molecule has 3 fully saturated rings. The highest BCUT2D eigenvalue weighted by atomic mass is 127. The molecule has 1 N–H and O–H groups in total. The van der Waals surface area contributed by atoms with Crippen molar-refractivity contribution in [2.75, 3.05) is 45.2 Å². The predicted molar refractivity (Wildman–Crippen MR) is 138 cm³/mol. The van der Waals surface area contributed by atoms with Crippen LogP contribution in [0, 0.1) is 11.3 Å². The smallest absolute Gasteiger partial charge is 0.193 e. The Kier molecular flexibility index (Phi) is 8.29. The molecule has 8 heteroatoms. The molecule has 4 rings (SSSR count). The van der Waals surface area contributed by atoms with Gasteiger partial charge < -0.3 is 10.2 Å². The lowest BCUT2D eigenvalue weighted by atomic mass is 9.83. The molecule has 0 bridgehead atoms. The van der Waals surface area contributed by atoms with Gasteiger partial charge in [-0.15, -0.1) is 24.0 Å². The molecule has 31 heavy (non-hydrogen) atoms. The maximum absolute atomic E-state index is 11.7. The van der Waals surface area contributed by atoms with Crippen LogP contribution < -0.4 is 5.32 Å². The van der Waals surface area contributed by atoms with E-state index in [0.29, 0.717) is 18.5 Å². The Morgan fingerprint density at radius 3 is 2.58 bits per heavy atom. The first-order chi connectivity index (χ1) is 14.4. The van der Waals surface area contributed by atoms with Crippen LogP contribution in [0.3, 0.4) is 0 Å². The van der Waals surface area contributed by atoms with Gasteiger partial charge in [-0.1, -0.05) is 30.3 Å². The lowest BCUT2D eigenvalue weighted by molar-refractivity contribution is 0.0372. The van der Waals surface area contributed by atoms with E-state index in [-0.39, 0.29) is 35.1 Å². The van der Waals surface area contributed by atoms with Crippen LogP contribution in [0.15, 0.2) is 35.3 Å². The largest absolute Gasteiger partial charge is 0.356 e. The molecule has 1 aromatic carbocycles. The van der Waals surface area contributed by atoms with Gasteiger partial charge in [-0.3, -0.25) is 9.89 Å². The summed E-state index contributed by atoms with van der Waals surface area (Å²) in [5.74, 6) is 1.89. The number of aliphatic imine (C=N–C) groups is 1. The number of hydrogen-bond donors (Lipinski definition) is 1. The van der Waals surface area contributed by atoms with Crippen LogP contribution in [0.2, 0.25) is 0 Å². The van der Waals surface area contributed by atoms with Gasteiger partial charge in [0.1, 0.15) is 9.84 Å². The van der Waals surface area contributed by atoms with Gasteiger partial charge in [-0.05, 0) is 50.1 Å². The Hall–Kier alpha value is -0.870. The van der Waals surface area contributed by atoms with Crippen LogP contribution >= 0.6 is 24.0 Å². The number of sulfone groups is 1. The van der Waals surface area contributed by atoms with Crippen LogP contribution in [0.1, 0.15) is 37.7 Å². The van der Waals surface area contributed by atoms with E-state index in [1.54, 1.807) is 0 Å². The SMILES string of the molecule is CN=C(NCC1(CS(C)(=O)=O)CC1)N1CCC2C(CCCN2Cc2ccccc2)C1.I. The Labute approximate surface area is 204 Å². The van der Waals surface area contributed by atoms with Gasteiger partial charge in [0.25, 0.3) is 0 Å². The first-order valence-corrected chi connectivity index (χ1v) is 13.3. The molecule has 174 valence electrons. The van der Waals surface area contributed by atoms with Crippen LogP contribution in [-0.4, -0.2) is 75.5 Å². The summed E-state index contributed by atoms with van der Waals surface area (Å²) in [6.07, 6.45) is 7.02. The molecule has 2 heterocycles.